The molecule has 0 aliphatic heterocycles. The van der Waals surface area contributed by atoms with E-state index < -0.39 is 0 Å². The zero-order valence-electron chi connectivity index (χ0n) is 12.5. The fraction of sp³-hybridized carbons (Fsp3) is 0. The van der Waals surface area contributed by atoms with Gasteiger partial charge in [0.1, 0.15) is 17.6 Å². The molecule has 0 fully saturated rings. The summed E-state index contributed by atoms with van der Waals surface area (Å²) in [4.78, 5) is 4.09. The third kappa shape index (κ3) is 2.62. The summed E-state index contributed by atoms with van der Waals surface area (Å²) in [5.74, 6) is -0.374. The molecular formula is C16H8F2N6S. The molecule has 0 saturated heterocycles. The average molecular weight is 354 g/mol. The number of hydrogen-bond acceptors (Lipinski definition) is 5. The van der Waals surface area contributed by atoms with Crippen LogP contribution in [0.25, 0.3) is 28.2 Å². The predicted octanol–water partition coefficient (Wildman–Crippen LogP) is 3.65. The van der Waals surface area contributed by atoms with Crippen LogP contribution in [0.15, 0.2) is 48.8 Å². The number of rotatable bonds is 3. The fourth-order valence-electron chi connectivity index (χ4n) is 2.49. The van der Waals surface area contributed by atoms with Crippen molar-refractivity contribution in [2.75, 3.05) is 0 Å². The smallest absolute Gasteiger partial charge is 0.187 e. The molecule has 0 saturated carbocycles. The van der Waals surface area contributed by atoms with Crippen molar-refractivity contribution < 1.29 is 8.28 Å². The van der Waals surface area contributed by atoms with E-state index in [4.69, 9.17) is 5.26 Å². The summed E-state index contributed by atoms with van der Waals surface area (Å²) in [6.07, 6.45) is 2.91. The summed E-state index contributed by atoms with van der Waals surface area (Å²) in [5.41, 5.74) is 2.93. The second-order valence-corrected chi connectivity index (χ2v) is 5.63. The first kappa shape index (κ1) is 15.3. The van der Waals surface area contributed by atoms with Crippen LogP contribution >= 0.6 is 12.3 Å². The van der Waals surface area contributed by atoms with Crippen molar-refractivity contribution in [1.82, 2.24) is 23.8 Å². The molecule has 0 bridgehead atoms. The number of hydrogen-bond donors (Lipinski definition) is 0. The molecule has 0 atom stereocenters. The van der Waals surface area contributed by atoms with E-state index in [1.165, 1.54) is 29.0 Å². The van der Waals surface area contributed by atoms with Gasteiger partial charge in [0.2, 0.25) is 0 Å². The van der Waals surface area contributed by atoms with Crippen LogP contribution in [0, 0.1) is 17.1 Å². The van der Waals surface area contributed by atoms with Crippen molar-refractivity contribution in [3.8, 4) is 28.6 Å². The maximum Gasteiger partial charge on any atom is 0.187 e. The first-order valence-electron chi connectivity index (χ1n) is 7.09. The Morgan fingerprint density at radius 2 is 1.88 bits per heavy atom. The van der Waals surface area contributed by atoms with Gasteiger partial charge in [0, 0.05) is 11.1 Å². The number of imidazole rings is 1. The molecule has 0 aliphatic carbocycles. The Bertz CT molecular complexity index is 1110. The lowest BCUT2D eigenvalue weighted by Crippen LogP contribution is -1.97. The molecule has 4 rings (SSSR count). The minimum atomic E-state index is -0.374. The SMILES string of the molecule is N#Cc1cnc2ccc(-c3cn(SF)nc3-c3ccc(F)cc3)nn12. The third-order valence-electron chi connectivity index (χ3n) is 3.63. The van der Waals surface area contributed by atoms with Crippen LogP contribution in [0.2, 0.25) is 0 Å². The molecule has 6 nitrogen and oxygen atoms in total. The summed E-state index contributed by atoms with van der Waals surface area (Å²) in [6, 6.07) is 11.2. The Balaban J connectivity index is 1.91. The van der Waals surface area contributed by atoms with E-state index in [2.05, 4.69) is 15.2 Å². The molecule has 122 valence electrons. The van der Waals surface area contributed by atoms with E-state index >= 15 is 0 Å². The Morgan fingerprint density at radius 1 is 1.08 bits per heavy atom. The zero-order valence-corrected chi connectivity index (χ0v) is 13.3. The molecule has 3 heterocycles. The number of halogens is 2. The molecule has 0 spiro atoms. The topological polar surface area (TPSA) is 71.8 Å². The van der Waals surface area contributed by atoms with Gasteiger partial charge in [0.15, 0.2) is 23.7 Å². The zero-order chi connectivity index (χ0) is 17.4. The van der Waals surface area contributed by atoms with Crippen LogP contribution in [0.1, 0.15) is 5.69 Å². The van der Waals surface area contributed by atoms with Crippen LogP contribution in [-0.2, 0) is 0 Å². The van der Waals surface area contributed by atoms with E-state index in [0.717, 1.165) is 4.09 Å². The van der Waals surface area contributed by atoms with Crippen molar-refractivity contribution in [3.05, 3.63) is 60.3 Å². The highest BCUT2D eigenvalue weighted by molar-refractivity contribution is 7.92. The van der Waals surface area contributed by atoms with Crippen molar-refractivity contribution in [1.29, 1.82) is 5.26 Å². The van der Waals surface area contributed by atoms with Crippen molar-refractivity contribution in [2.45, 2.75) is 0 Å². The summed E-state index contributed by atoms with van der Waals surface area (Å²) in [7, 11) is 0. The highest BCUT2D eigenvalue weighted by Gasteiger charge is 2.16. The van der Waals surface area contributed by atoms with Gasteiger partial charge >= 0.3 is 0 Å². The lowest BCUT2D eigenvalue weighted by atomic mass is 10.1. The van der Waals surface area contributed by atoms with Crippen LogP contribution < -0.4 is 0 Å². The maximum atomic E-state index is 13.2. The van der Waals surface area contributed by atoms with E-state index in [0.29, 0.717) is 28.2 Å². The molecule has 25 heavy (non-hydrogen) atoms. The maximum absolute atomic E-state index is 13.2. The lowest BCUT2D eigenvalue weighted by molar-refractivity contribution is 0.628. The summed E-state index contributed by atoms with van der Waals surface area (Å²) < 4.78 is 28.7. The molecule has 1 aromatic carbocycles. The highest BCUT2D eigenvalue weighted by atomic mass is 32.2. The quantitative estimate of drug-likeness (QED) is 0.561. The molecule has 0 unspecified atom stereocenters. The van der Waals surface area contributed by atoms with Gasteiger partial charge in [-0.05, 0) is 36.4 Å². The van der Waals surface area contributed by atoms with Crippen LogP contribution in [-0.4, -0.2) is 23.8 Å². The number of fused-ring (bicyclic) bond motifs is 1. The van der Waals surface area contributed by atoms with Crippen molar-refractivity contribution in [2.24, 2.45) is 0 Å². The fourth-order valence-corrected chi connectivity index (χ4v) is 2.75. The van der Waals surface area contributed by atoms with Gasteiger partial charge < -0.3 is 0 Å². The summed E-state index contributed by atoms with van der Waals surface area (Å²) in [5, 5.41) is 17.7. The Kier molecular flexibility index (Phi) is 3.66. The van der Waals surface area contributed by atoms with E-state index in [-0.39, 0.29) is 23.8 Å². The Hall–Kier alpha value is -3.25. The Labute approximate surface area is 144 Å². The van der Waals surface area contributed by atoms with Gasteiger partial charge in [-0.3, -0.25) is 0 Å². The van der Waals surface area contributed by atoms with Crippen LogP contribution in [0.5, 0.6) is 0 Å². The second kappa shape index (κ2) is 5.99. The number of benzene rings is 1. The van der Waals surface area contributed by atoms with Gasteiger partial charge in [-0.1, -0.05) is 0 Å². The molecule has 3 aromatic heterocycles. The van der Waals surface area contributed by atoms with Gasteiger partial charge in [0.25, 0.3) is 0 Å². The number of nitrogens with zero attached hydrogens (tertiary/aromatic N) is 6. The van der Waals surface area contributed by atoms with E-state index in [1.807, 2.05) is 6.07 Å². The predicted molar refractivity (Wildman–Crippen MR) is 88.4 cm³/mol. The van der Waals surface area contributed by atoms with Crippen LogP contribution in [0.4, 0.5) is 8.28 Å². The molecule has 0 N–H and O–H groups in total. The molecule has 9 heteroatoms. The van der Waals surface area contributed by atoms with Gasteiger partial charge in [-0.2, -0.15) is 19.5 Å². The van der Waals surface area contributed by atoms with Crippen LogP contribution in [0.3, 0.4) is 0 Å². The van der Waals surface area contributed by atoms with Gasteiger partial charge in [-0.25, -0.2) is 13.9 Å². The first-order chi connectivity index (χ1) is 12.2. The number of aromatic nitrogens is 5. The monoisotopic (exact) mass is 354 g/mol. The second-order valence-electron chi connectivity index (χ2n) is 5.11. The molecular weight excluding hydrogens is 346 g/mol. The normalized spacial score (nSPS) is 10.9. The number of nitriles is 1. The summed E-state index contributed by atoms with van der Waals surface area (Å²) in [6.45, 7) is 0. The van der Waals surface area contributed by atoms with Crippen molar-refractivity contribution in [3.63, 3.8) is 0 Å². The van der Waals surface area contributed by atoms with Gasteiger partial charge in [-0.15, -0.1) is 3.89 Å². The first-order valence-corrected chi connectivity index (χ1v) is 7.77. The lowest BCUT2D eigenvalue weighted by Gasteiger charge is -2.03. The standard InChI is InChI=1S/C16H8F2N6S/c17-11-3-1-10(2-4-11)16-13(9-23(22-16)25-18)14-5-6-15-20-8-12(7-19)24(15)21-14/h1-6,8-9H. The molecule has 0 radical (unpaired) electrons. The third-order valence-corrected chi connectivity index (χ3v) is 3.96. The molecule has 0 aliphatic rings. The van der Waals surface area contributed by atoms with E-state index in [1.54, 1.807) is 24.3 Å². The minimum absolute atomic E-state index is 0.0586. The average Bonchev–Trinajstić information content (AvgIpc) is 3.25. The highest BCUT2D eigenvalue weighted by Crippen LogP contribution is 2.31. The van der Waals surface area contributed by atoms with Crippen molar-refractivity contribution >= 4 is 18.0 Å². The minimum Gasteiger partial charge on any atom is -0.234 e. The summed E-state index contributed by atoms with van der Waals surface area (Å²) >= 11 is -0.0586. The largest absolute Gasteiger partial charge is 0.234 e. The molecule has 4 aromatic rings. The Morgan fingerprint density at radius 3 is 2.60 bits per heavy atom. The van der Waals surface area contributed by atoms with Gasteiger partial charge in [0.05, 0.1) is 18.1 Å². The van der Waals surface area contributed by atoms with E-state index in [9.17, 15) is 8.28 Å². The molecule has 0 amide bonds.